The van der Waals surface area contributed by atoms with Crippen molar-refractivity contribution in [2.75, 3.05) is 13.6 Å². The zero-order valence-electron chi connectivity index (χ0n) is 10.7. The van der Waals surface area contributed by atoms with Gasteiger partial charge in [-0.1, -0.05) is 13.3 Å². The summed E-state index contributed by atoms with van der Waals surface area (Å²) in [4.78, 5) is 0.0861. The van der Waals surface area contributed by atoms with Crippen molar-refractivity contribution in [1.29, 1.82) is 0 Å². The van der Waals surface area contributed by atoms with Gasteiger partial charge in [0.05, 0.1) is 4.90 Å². The van der Waals surface area contributed by atoms with Gasteiger partial charge >= 0.3 is 0 Å². The number of nitrogens with zero attached hydrogens (tertiary/aromatic N) is 1. The largest absolute Gasteiger partial charge is 0.326 e. The Morgan fingerprint density at radius 3 is 2.61 bits per heavy atom. The molecule has 0 bridgehead atoms. The van der Waals surface area contributed by atoms with E-state index >= 15 is 0 Å². The molecule has 1 aromatic rings. The summed E-state index contributed by atoms with van der Waals surface area (Å²) in [5.74, 6) is -0.479. The summed E-state index contributed by atoms with van der Waals surface area (Å²) in [6.45, 7) is 2.42. The number of nitrogens with two attached hydrogens (primary N) is 1. The van der Waals surface area contributed by atoms with Gasteiger partial charge in [0.15, 0.2) is 0 Å². The number of halogens is 1. The van der Waals surface area contributed by atoms with E-state index in [4.69, 9.17) is 5.73 Å². The Balaban J connectivity index is 3.05. The average molecular weight is 274 g/mol. The summed E-state index contributed by atoms with van der Waals surface area (Å²) in [5, 5.41) is 0. The van der Waals surface area contributed by atoms with Crippen LogP contribution in [0.25, 0.3) is 0 Å². The summed E-state index contributed by atoms with van der Waals surface area (Å²) in [6, 6.07) is 3.71. The quantitative estimate of drug-likeness (QED) is 0.859. The highest BCUT2D eigenvalue weighted by atomic mass is 32.2. The molecule has 1 aromatic carbocycles. The minimum absolute atomic E-state index is 0.0200. The van der Waals surface area contributed by atoms with E-state index in [9.17, 15) is 12.8 Å². The Bertz CT molecular complexity index is 503. The van der Waals surface area contributed by atoms with Gasteiger partial charge in [-0.25, -0.2) is 17.1 Å². The van der Waals surface area contributed by atoms with Crippen LogP contribution < -0.4 is 5.73 Å². The molecule has 0 saturated carbocycles. The number of sulfonamides is 1. The van der Waals surface area contributed by atoms with Gasteiger partial charge in [-0.2, -0.15) is 0 Å². The normalized spacial score (nSPS) is 12.1. The first-order valence-corrected chi connectivity index (χ1v) is 7.32. The van der Waals surface area contributed by atoms with Crippen LogP contribution in [0, 0.1) is 5.82 Å². The Morgan fingerprint density at radius 1 is 1.39 bits per heavy atom. The Morgan fingerprint density at radius 2 is 2.06 bits per heavy atom. The molecule has 0 atom stereocenters. The summed E-state index contributed by atoms with van der Waals surface area (Å²) < 4.78 is 38.9. The van der Waals surface area contributed by atoms with E-state index in [-0.39, 0.29) is 17.0 Å². The van der Waals surface area contributed by atoms with Gasteiger partial charge in [0, 0.05) is 25.7 Å². The molecule has 0 aromatic heterocycles. The van der Waals surface area contributed by atoms with Crippen molar-refractivity contribution < 1.29 is 12.8 Å². The van der Waals surface area contributed by atoms with Gasteiger partial charge in [0.1, 0.15) is 5.82 Å². The fourth-order valence-electron chi connectivity index (χ4n) is 1.55. The second kappa shape index (κ2) is 6.26. The van der Waals surface area contributed by atoms with Gasteiger partial charge < -0.3 is 5.73 Å². The predicted molar refractivity (Wildman–Crippen MR) is 69.0 cm³/mol. The lowest BCUT2D eigenvalue weighted by molar-refractivity contribution is 0.459. The summed E-state index contributed by atoms with van der Waals surface area (Å²) >= 11 is 0. The predicted octanol–water partition coefficient (Wildman–Crippen LogP) is 1.71. The Kier molecular flexibility index (Phi) is 5.25. The van der Waals surface area contributed by atoms with Crippen LogP contribution in [-0.4, -0.2) is 26.3 Å². The lowest BCUT2D eigenvalue weighted by Crippen LogP contribution is -2.28. The third-order valence-corrected chi connectivity index (χ3v) is 4.62. The van der Waals surface area contributed by atoms with Crippen LogP contribution in [-0.2, 0) is 16.6 Å². The van der Waals surface area contributed by atoms with Gasteiger partial charge in [-0.3, -0.25) is 0 Å². The number of rotatable bonds is 6. The van der Waals surface area contributed by atoms with Crippen molar-refractivity contribution in [3.05, 3.63) is 29.6 Å². The minimum Gasteiger partial charge on any atom is -0.326 e. The van der Waals surface area contributed by atoms with E-state index in [1.165, 1.54) is 23.5 Å². The molecule has 2 N–H and O–H groups in total. The van der Waals surface area contributed by atoms with Gasteiger partial charge in [-0.15, -0.1) is 0 Å². The third-order valence-electron chi connectivity index (χ3n) is 2.77. The number of hydrogen-bond donors (Lipinski definition) is 1. The molecule has 0 fully saturated rings. The lowest BCUT2D eigenvalue weighted by atomic mass is 10.2. The fraction of sp³-hybridized carbons (Fsp3) is 0.500. The van der Waals surface area contributed by atoms with E-state index in [1.807, 2.05) is 6.92 Å². The van der Waals surface area contributed by atoms with Gasteiger partial charge in [0.2, 0.25) is 10.0 Å². The number of unbranched alkanes of at least 4 members (excludes halogenated alkanes) is 1. The van der Waals surface area contributed by atoms with Crippen LogP contribution in [0.3, 0.4) is 0 Å². The second-order valence-electron chi connectivity index (χ2n) is 4.14. The van der Waals surface area contributed by atoms with Crippen molar-refractivity contribution in [2.24, 2.45) is 5.73 Å². The molecule has 0 heterocycles. The molecule has 0 unspecified atom stereocenters. The molecule has 0 spiro atoms. The first-order chi connectivity index (χ1) is 8.43. The zero-order valence-corrected chi connectivity index (χ0v) is 11.5. The van der Waals surface area contributed by atoms with Crippen molar-refractivity contribution >= 4 is 10.0 Å². The van der Waals surface area contributed by atoms with Crippen molar-refractivity contribution in [2.45, 2.75) is 31.2 Å². The molecule has 6 heteroatoms. The van der Waals surface area contributed by atoms with Crippen molar-refractivity contribution in [3.63, 3.8) is 0 Å². The fourth-order valence-corrected chi connectivity index (χ4v) is 2.81. The van der Waals surface area contributed by atoms with Crippen LogP contribution in [0.1, 0.15) is 25.3 Å². The monoisotopic (exact) mass is 274 g/mol. The van der Waals surface area contributed by atoms with Gasteiger partial charge in [-0.05, 0) is 24.6 Å². The van der Waals surface area contributed by atoms with Crippen LogP contribution in [0.5, 0.6) is 0 Å². The van der Waals surface area contributed by atoms with E-state index in [0.29, 0.717) is 6.54 Å². The maximum absolute atomic E-state index is 13.3. The number of benzene rings is 1. The summed E-state index contributed by atoms with van der Waals surface area (Å²) in [7, 11) is -2.03. The smallest absolute Gasteiger partial charge is 0.242 e. The third kappa shape index (κ3) is 3.28. The van der Waals surface area contributed by atoms with Crippen molar-refractivity contribution in [3.8, 4) is 0 Å². The Hall–Kier alpha value is -0.980. The highest BCUT2D eigenvalue weighted by molar-refractivity contribution is 7.89. The molecule has 102 valence electrons. The maximum Gasteiger partial charge on any atom is 0.242 e. The zero-order chi connectivity index (χ0) is 13.8. The van der Waals surface area contributed by atoms with E-state index in [1.54, 1.807) is 0 Å². The second-order valence-corrected chi connectivity index (χ2v) is 6.18. The molecule has 0 aliphatic rings. The molecular formula is C12H19FN2O2S. The maximum atomic E-state index is 13.3. The van der Waals surface area contributed by atoms with Crippen LogP contribution >= 0.6 is 0 Å². The minimum atomic E-state index is -3.55. The standard InChI is InChI=1S/C12H19FN2O2S/c1-3-4-7-15(2)18(16,17)11-5-6-12(13)10(8-11)9-14/h5-6,8H,3-4,7,9,14H2,1-2H3. The van der Waals surface area contributed by atoms with Crippen molar-refractivity contribution in [1.82, 2.24) is 4.31 Å². The molecule has 1 rings (SSSR count). The summed E-state index contributed by atoms with van der Waals surface area (Å²) in [5.41, 5.74) is 5.58. The topological polar surface area (TPSA) is 63.4 Å². The van der Waals surface area contributed by atoms with Gasteiger partial charge in [0.25, 0.3) is 0 Å². The molecule has 0 radical (unpaired) electrons. The molecule has 0 aliphatic heterocycles. The molecule has 0 saturated heterocycles. The molecule has 18 heavy (non-hydrogen) atoms. The molecule has 0 aliphatic carbocycles. The first kappa shape index (κ1) is 15.1. The molecular weight excluding hydrogens is 255 g/mol. The highest BCUT2D eigenvalue weighted by Gasteiger charge is 2.21. The van der Waals surface area contributed by atoms with Crippen LogP contribution in [0.2, 0.25) is 0 Å². The first-order valence-electron chi connectivity index (χ1n) is 5.88. The van der Waals surface area contributed by atoms with E-state index in [0.717, 1.165) is 18.9 Å². The molecule has 0 amide bonds. The lowest BCUT2D eigenvalue weighted by Gasteiger charge is -2.17. The SMILES string of the molecule is CCCCN(C)S(=O)(=O)c1ccc(F)c(CN)c1. The number of hydrogen-bond acceptors (Lipinski definition) is 3. The highest BCUT2D eigenvalue weighted by Crippen LogP contribution is 2.18. The summed E-state index contributed by atoms with van der Waals surface area (Å²) in [6.07, 6.45) is 1.71. The average Bonchev–Trinajstić information content (AvgIpc) is 2.36. The van der Waals surface area contributed by atoms with Crippen LogP contribution in [0.4, 0.5) is 4.39 Å². The Labute approximate surface area is 108 Å². The van der Waals surface area contributed by atoms with Crippen LogP contribution in [0.15, 0.2) is 23.1 Å². The van der Waals surface area contributed by atoms with E-state index in [2.05, 4.69) is 0 Å². The van der Waals surface area contributed by atoms with E-state index < -0.39 is 15.8 Å². The molecule has 4 nitrogen and oxygen atoms in total.